The second kappa shape index (κ2) is 7.39. The molecule has 6 rings (SSSR count). The summed E-state index contributed by atoms with van der Waals surface area (Å²) in [6, 6.07) is 0. The fourth-order valence-electron chi connectivity index (χ4n) is 10.9. The summed E-state index contributed by atoms with van der Waals surface area (Å²) in [6.07, 6.45) is 11.9. The molecule has 37 heavy (non-hydrogen) atoms. The number of nitrogens with zero attached hydrogens (tertiary/aromatic N) is 1. The molecule has 202 valence electrons. The second-order valence-corrected chi connectivity index (χ2v) is 15.3. The first-order valence-electron chi connectivity index (χ1n) is 14.4. The van der Waals surface area contributed by atoms with Crippen LogP contribution < -0.4 is 0 Å². The second-order valence-electron chi connectivity index (χ2n) is 15.3. The Morgan fingerprint density at radius 3 is 2.43 bits per heavy atom. The Hall–Kier alpha value is -1.91. The lowest BCUT2D eigenvalue weighted by molar-refractivity contribution is -0.175. The number of fused-ring (bicyclic) bond motifs is 8. The Kier molecular flexibility index (Phi) is 5.06. The van der Waals surface area contributed by atoms with Crippen molar-refractivity contribution < 1.29 is 18.8 Å². The number of hydrogen-bond donors (Lipinski definition) is 0. The minimum atomic E-state index is -0.486. The number of esters is 1. The van der Waals surface area contributed by atoms with Crippen molar-refractivity contribution in [2.45, 2.75) is 105 Å². The smallest absolute Gasteiger partial charge is 0.311 e. The lowest BCUT2D eigenvalue weighted by Crippen LogP contribution is -2.66. The predicted octanol–water partition coefficient (Wildman–Crippen LogP) is 6.84. The Bertz CT molecular complexity index is 1210. The van der Waals surface area contributed by atoms with Crippen molar-refractivity contribution in [2.75, 3.05) is 7.11 Å². The van der Waals surface area contributed by atoms with E-state index in [0.717, 1.165) is 57.1 Å². The van der Waals surface area contributed by atoms with Gasteiger partial charge in [-0.2, -0.15) is 0 Å². The monoisotopic (exact) mass is 507 g/mol. The van der Waals surface area contributed by atoms with Gasteiger partial charge >= 0.3 is 5.97 Å². The summed E-state index contributed by atoms with van der Waals surface area (Å²) in [5.41, 5.74) is 1.68. The number of ketones is 1. The normalized spacial score (nSPS) is 47.9. The van der Waals surface area contributed by atoms with Crippen LogP contribution in [0.3, 0.4) is 0 Å². The van der Waals surface area contributed by atoms with Crippen LogP contribution in [0.1, 0.15) is 105 Å². The van der Waals surface area contributed by atoms with Crippen LogP contribution in [0.2, 0.25) is 0 Å². The van der Waals surface area contributed by atoms with Crippen LogP contribution in [-0.4, -0.2) is 24.0 Å². The Morgan fingerprint density at radius 1 is 1.03 bits per heavy atom. The molecule has 8 atom stereocenters. The fourth-order valence-corrected chi connectivity index (χ4v) is 10.9. The summed E-state index contributed by atoms with van der Waals surface area (Å²) in [5.74, 6) is 1.80. The molecule has 1 aromatic heterocycles. The average molecular weight is 508 g/mol. The predicted molar refractivity (Wildman–Crippen MR) is 142 cm³/mol. The lowest BCUT2D eigenvalue weighted by Gasteiger charge is -2.69. The van der Waals surface area contributed by atoms with E-state index in [9.17, 15) is 9.59 Å². The first kappa shape index (κ1) is 25.4. The summed E-state index contributed by atoms with van der Waals surface area (Å²) >= 11 is 0. The Labute approximate surface area is 222 Å². The number of allylic oxidation sites excluding steroid dienone is 2. The van der Waals surface area contributed by atoms with E-state index in [1.807, 2.05) is 6.20 Å². The molecule has 0 N–H and O–H groups in total. The first-order valence-corrected chi connectivity index (χ1v) is 14.4. The van der Waals surface area contributed by atoms with Crippen molar-refractivity contribution in [3.63, 3.8) is 0 Å². The lowest BCUT2D eigenvalue weighted by atomic mass is 9.33. The molecule has 1 aromatic rings. The van der Waals surface area contributed by atoms with Crippen molar-refractivity contribution in [1.82, 2.24) is 5.16 Å². The van der Waals surface area contributed by atoms with Gasteiger partial charge in [-0.3, -0.25) is 9.59 Å². The Morgan fingerprint density at radius 2 is 1.73 bits per heavy atom. The van der Waals surface area contributed by atoms with Gasteiger partial charge in [-0.25, -0.2) is 0 Å². The van der Waals surface area contributed by atoms with E-state index in [0.29, 0.717) is 11.7 Å². The molecule has 0 amide bonds. The summed E-state index contributed by atoms with van der Waals surface area (Å²) < 4.78 is 11.1. The van der Waals surface area contributed by atoms with Crippen LogP contribution in [0.4, 0.5) is 0 Å². The maximum Gasteiger partial charge on any atom is 0.311 e. The van der Waals surface area contributed by atoms with Crippen molar-refractivity contribution in [3.8, 4) is 0 Å². The van der Waals surface area contributed by atoms with E-state index in [4.69, 9.17) is 9.26 Å². The van der Waals surface area contributed by atoms with E-state index in [1.165, 1.54) is 18.2 Å². The molecule has 0 radical (unpaired) electrons. The molecule has 0 bridgehead atoms. The summed E-state index contributed by atoms with van der Waals surface area (Å²) in [7, 11) is 1.51. The molecule has 5 heteroatoms. The van der Waals surface area contributed by atoms with Crippen LogP contribution in [0.15, 0.2) is 22.4 Å². The zero-order valence-electron chi connectivity index (χ0n) is 24.1. The maximum atomic E-state index is 14.5. The molecule has 0 unspecified atom stereocenters. The van der Waals surface area contributed by atoms with E-state index >= 15 is 0 Å². The number of carbonyl (C=O) groups excluding carboxylic acids is 2. The van der Waals surface area contributed by atoms with Gasteiger partial charge in [0.2, 0.25) is 0 Å². The minimum absolute atomic E-state index is 0.0326. The van der Waals surface area contributed by atoms with Crippen LogP contribution >= 0.6 is 0 Å². The first-order chi connectivity index (χ1) is 17.2. The van der Waals surface area contributed by atoms with Gasteiger partial charge in [0.25, 0.3) is 0 Å². The van der Waals surface area contributed by atoms with Crippen LogP contribution in [-0.2, 0) is 26.2 Å². The summed E-state index contributed by atoms with van der Waals surface area (Å²) in [6.45, 7) is 16.4. The number of ether oxygens (including phenoxy) is 1. The van der Waals surface area contributed by atoms with Gasteiger partial charge in [0.1, 0.15) is 5.76 Å². The minimum Gasteiger partial charge on any atom is -0.469 e. The number of aromatic nitrogens is 1. The molecule has 5 aliphatic carbocycles. The van der Waals surface area contributed by atoms with Gasteiger partial charge in [0, 0.05) is 16.9 Å². The maximum absolute atomic E-state index is 14.5. The van der Waals surface area contributed by atoms with Crippen LogP contribution in [0.25, 0.3) is 0 Å². The van der Waals surface area contributed by atoms with Gasteiger partial charge in [0.15, 0.2) is 5.78 Å². The summed E-state index contributed by atoms with van der Waals surface area (Å²) in [5, 5.41) is 4.19. The van der Waals surface area contributed by atoms with Crippen LogP contribution in [0.5, 0.6) is 0 Å². The third-order valence-corrected chi connectivity index (χ3v) is 13.2. The molecule has 5 nitrogen and oxygen atoms in total. The van der Waals surface area contributed by atoms with E-state index in [-0.39, 0.29) is 44.9 Å². The average Bonchev–Trinajstić information content (AvgIpc) is 3.29. The molecule has 1 heterocycles. The van der Waals surface area contributed by atoms with Gasteiger partial charge in [0.05, 0.1) is 18.7 Å². The van der Waals surface area contributed by atoms with Gasteiger partial charge in [-0.15, -0.1) is 0 Å². The van der Waals surface area contributed by atoms with Crippen molar-refractivity contribution >= 4 is 11.8 Å². The number of methoxy groups -OCH3 is 1. The molecule has 5 aliphatic rings. The highest BCUT2D eigenvalue weighted by Gasteiger charge is 2.70. The molecule has 0 aromatic carbocycles. The van der Waals surface area contributed by atoms with E-state index in [1.54, 1.807) is 0 Å². The van der Waals surface area contributed by atoms with Crippen molar-refractivity contribution in [2.24, 2.45) is 44.8 Å². The SMILES string of the molecule is COC(=O)[C@]1(C)CC[C@]2(C)CC[C@]3(C)C(=CC(=O)[C@@H]4[C@]5(C)Cc6cnoc6C(C)(C)[C@@H]5CC[C@]43C)[C@H]2C1. The molecular weight excluding hydrogens is 462 g/mol. The molecule has 0 spiro atoms. The highest BCUT2D eigenvalue weighted by atomic mass is 16.5. The molecular formula is C32H45NO4. The van der Waals surface area contributed by atoms with Crippen molar-refractivity contribution in [1.29, 1.82) is 0 Å². The standard InChI is InChI=1S/C32H45NO4/c1-27(2)23-9-10-32(7)24(30(23,5)16-19-18-33-37-25(19)27)22(34)15-20-21-17-29(4,26(35)36-8)12-11-28(21,3)13-14-31(20,32)6/h15,18,21,23-24H,9-14,16-17H2,1-8H3/t21-,23+,24-,28-,29-,30-,31-,32-/m1/s1. The number of hydrogen-bond acceptors (Lipinski definition) is 5. The Balaban J connectivity index is 1.47. The molecule has 3 saturated carbocycles. The van der Waals surface area contributed by atoms with Gasteiger partial charge in [-0.05, 0) is 97.9 Å². The highest BCUT2D eigenvalue weighted by Crippen LogP contribution is 2.74. The topological polar surface area (TPSA) is 69.4 Å². The third kappa shape index (κ3) is 2.95. The quantitative estimate of drug-likeness (QED) is 0.389. The zero-order valence-corrected chi connectivity index (χ0v) is 24.1. The molecule has 3 fully saturated rings. The molecule has 0 saturated heterocycles. The van der Waals surface area contributed by atoms with E-state index < -0.39 is 5.41 Å². The van der Waals surface area contributed by atoms with E-state index in [2.05, 4.69) is 59.7 Å². The number of carbonyl (C=O) groups is 2. The fraction of sp³-hybridized carbons (Fsp3) is 0.781. The third-order valence-electron chi connectivity index (χ3n) is 13.2. The number of rotatable bonds is 1. The molecule has 0 aliphatic heterocycles. The van der Waals surface area contributed by atoms with Crippen molar-refractivity contribution in [3.05, 3.63) is 29.2 Å². The van der Waals surface area contributed by atoms with Gasteiger partial charge in [-0.1, -0.05) is 52.3 Å². The summed E-state index contributed by atoms with van der Waals surface area (Å²) in [4.78, 5) is 27.4. The zero-order chi connectivity index (χ0) is 26.8. The van der Waals surface area contributed by atoms with Gasteiger partial charge < -0.3 is 9.26 Å². The largest absolute Gasteiger partial charge is 0.469 e. The highest BCUT2D eigenvalue weighted by molar-refractivity contribution is 5.96. The van der Waals surface area contributed by atoms with Crippen LogP contribution in [0, 0.1) is 44.8 Å².